The van der Waals surface area contributed by atoms with E-state index in [1.165, 1.54) is 12.8 Å². The van der Waals surface area contributed by atoms with Crippen molar-refractivity contribution in [3.8, 4) is 5.75 Å². The Morgan fingerprint density at radius 2 is 2.00 bits per heavy atom. The molecular weight excluding hydrogens is 248 g/mol. The average Bonchev–Trinajstić information content (AvgIpc) is 3.23. The van der Waals surface area contributed by atoms with Crippen LogP contribution in [0.3, 0.4) is 0 Å². The molecule has 1 saturated heterocycles. The second-order valence-corrected chi connectivity index (χ2v) is 5.40. The summed E-state index contributed by atoms with van der Waals surface area (Å²) < 4.78 is 5.41. The van der Waals surface area contributed by atoms with E-state index >= 15 is 0 Å². The van der Waals surface area contributed by atoms with Gasteiger partial charge >= 0.3 is 0 Å². The smallest absolute Gasteiger partial charge is 0.143 e. The van der Waals surface area contributed by atoms with Gasteiger partial charge in [0, 0.05) is 44.4 Å². The van der Waals surface area contributed by atoms with Crippen LogP contribution in [-0.4, -0.2) is 44.2 Å². The minimum atomic E-state index is 0.604. The zero-order valence-corrected chi connectivity index (χ0v) is 11.4. The fourth-order valence-electron chi connectivity index (χ4n) is 2.62. The van der Waals surface area contributed by atoms with Crippen molar-refractivity contribution < 1.29 is 4.74 Å². The van der Waals surface area contributed by atoms with Gasteiger partial charge in [-0.25, -0.2) is 0 Å². The highest BCUT2D eigenvalue weighted by Crippen LogP contribution is 2.33. The molecule has 0 atom stereocenters. The Morgan fingerprint density at radius 1 is 1.28 bits per heavy atom. The minimum absolute atomic E-state index is 0.604. The number of methoxy groups -OCH3 is 1. The molecule has 18 heavy (non-hydrogen) atoms. The predicted octanol–water partition coefficient (Wildman–Crippen LogP) is 2.43. The molecule has 0 bridgehead atoms. The highest BCUT2D eigenvalue weighted by atomic mass is 35.5. The molecule has 1 aromatic rings. The number of benzene rings is 1. The van der Waals surface area contributed by atoms with Crippen LogP contribution in [0, 0.1) is 6.07 Å². The van der Waals surface area contributed by atoms with Crippen molar-refractivity contribution in [2.75, 3.05) is 38.2 Å². The Labute approximate surface area is 113 Å². The summed E-state index contributed by atoms with van der Waals surface area (Å²) in [5, 5.41) is 0.604. The Kier molecular flexibility index (Phi) is 3.35. The molecule has 3 rings (SSSR count). The van der Waals surface area contributed by atoms with Crippen LogP contribution in [0.25, 0.3) is 0 Å². The molecule has 97 valence electrons. The lowest BCUT2D eigenvalue weighted by Crippen LogP contribution is -2.47. The van der Waals surface area contributed by atoms with Gasteiger partial charge in [-0.2, -0.15) is 0 Å². The van der Waals surface area contributed by atoms with Crippen molar-refractivity contribution in [3.63, 3.8) is 0 Å². The average molecular weight is 266 g/mol. The highest BCUT2D eigenvalue weighted by Gasteiger charge is 2.31. The van der Waals surface area contributed by atoms with E-state index in [2.05, 4.69) is 15.9 Å². The van der Waals surface area contributed by atoms with Gasteiger partial charge in [-0.3, -0.25) is 4.90 Å². The van der Waals surface area contributed by atoms with E-state index in [9.17, 15) is 0 Å². The maximum absolute atomic E-state index is 5.95. The number of anilines is 1. The number of hydrogen-bond donors (Lipinski definition) is 0. The van der Waals surface area contributed by atoms with Gasteiger partial charge in [0.2, 0.25) is 0 Å². The highest BCUT2D eigenvalue weighted by molar-refractivity contribution is 6.30. The lowest BCUT2D eigenvalue weighted by atomic mass is 10.2. The summed E-state index contributed by atoms with van der Waals surface area (Å²) in [7, 11) is 1.69. The monoisotopic (exact) mass is 265 g/mol. The molecule has 0 N–H and O–H groups in total. The van der Waals surface area contributed by atoms with E-state index in [0.29, 0.717) is 5.02 Å². The van der Waals surface area contributed by atoms with Crippen LogP contribution in [0.5, 0.6) is 5.75 Å². The molecule has 0 amide bonds. The third-order valence-corrected chi connectivity index (χ3v) is 4.01. The fraction of sp³-hybridized carbons (Fsp3) is 0.571. The molecule has 2 fully saturated rings. The van der Waals surface area contributed by atoms with E-state index in [1.54, 1.807) is 7.11 Å². The first-order chi connectivity index (χ1) is 8.78. The fourth-order valence-corrected chi connectivity index (χ4v) is 2.77. The molecule has 1 aliphatic carbocycles. The second-order valence-electron chi connectivity index (χ2n) is 4.99. The largest absolute Gasteiger partial charge is 0.495 e. The van der Waals surface area contributed by atoms with Gasteiger partial charge in [0.15, 0.2) is 0 Å². The lowest BCUT2D eigenvalue weighted by molar-refractivity contribution is 0.247. The second kappa shape index (κ2) is 4.98. The van der Waals surface area contributed by atoms with E-state index in [1.807, 2.05) is 12.1 Å². The van der Waals surface area contributed by atoms with Crippen LogP contribution in [0.1, 0.15) is 12.8 Å². The van der Waals surface area contributed by atoms with Crippen molar-refractivity contribution in [3.05, 3.63) is 23.2 Å². The molecule has 0 aromatic heterocycles. The van der Waals surface area contributed by atoms with Gasteiger partial charge in [0.1, 0.15) is 5.75 Å². The first kappa shape index (κ1) is 12.1. The summed E-state index contributed by atoms with van der Waals surface area (Å²) in [4.78, 5) is 4.97. The Hall–Kier alpha value is -0.930. The topological polar surface area (TPSA) is 15.7 Å². The Bertz CT molecular complexity index is 426. The normalized spacial score (nSPS) is 21.1. The maximum atomic E-state index is 5.95. The van der Waals surface area contributed by atoms with Crippen molar-refractivity contribution in [1.82, 2.24) is 4.90 Å². The summed E-state index contributed by atoms with van der Waals surface area (Å²) in [6.45, 7) is 4.41. The Balaban J connectivity index is 1.71. The van der Waals surface area contributed by atoms with Crippen LogP contribution in [0.4, 0.5) is 5.69 Å². The van der Waals surface area contributed by atoms with E-state index in [0.717, 1.165) is 43.7 Å². The summed E-state index contributed by atoms with van der Waals surface area (Å²) >= 11 is 5.95. The molecule has 1 heterocycles. The van der Waals surface area contributed by atoms with Crippen molar-refractivity contribution >= 4 is 17.3 Å². The van der Waals surface area contributed by atoms with E-state index in [-0.39, 0.29) is 0 Å². The van der Waals surface area contributed by atoms with Gasteiger partial charge in [-0.05, 0) is 18.9 Å². The van der Waals surface area contributed by atoms with Gasteiger partial charge in [-0.15, -0.1) is 0 Å². The van der Waals surface area contributed by atoms with Gasteiger partial charge in [0.25, 0.3) is 0 Å². The summed E-state index contributed by atoms with van der Waals surface area (Å²) in [6, 6.07) is 7.69. The zero-order chi connectivity index (χ0) is 12.5. The minimum Gasteiger partial charge on any atom is -0.495 e. The van der Waals surface area contributed by atoms with Gasteiger partial charge < -0.3 is 9.64 Å². The van der Waals surface area contributed by atoms with Crippen molar-refractivity contribution in [2.45, 2.75) is 18.9 Å². The van der Waals surface area contributed by atoms with Crippen LogP contribution < -0.4 is 9.64 Å². The standard InChI is InChI=1S/C14H18ClN2O/c1-18-14-10-11(15)2-5-13(14)17-8-6-16(7-9-17)12-3-4-12/h5,10,12H,3-4,6-9H2,1H3. The van der Waals surface area contributed by atoms with Crippen molar-refractivity contribution in [2.24, 2.45) is 0 Å². The van der Waals surface area contributed by atoms with E-state index in [4.69, 9.17) is 16.3 Å². The molecule has 0 spiro atoms. The molecule has 3 nitrogen and oxygen atoms in total. The number of rotatable bonds is 3. The third-order valence-electron chi connectivity index (χ3n) is 3.80. The molecule has 1 aliphatic heterocycles. The number of piperazine rings is 1. The van der Waals surface area contributed by atoms with Crippen LogP contribution in [-0.2, 0) is 0 Å². The van der Waals surface area contributed by atoms with E-state index < -0.39 is 0 Å². The maximum Gasteiger partial charge on any atom is 0.143 e. The number of ether oxygens (including phenoxy) is 1. The van der Waals surface area contributed by atoms with Crippen LogP contribution in [0.15, 0.2) is 12.1 Å². The zero-order valence-electron chi connectivity index (χ0n) is 10.7. The predicted molar refractivity (Wildman–Crippen MR) is 73.6 cm³/mol. The SMILES string of the molecule is COc1cc(Cl)[c]cc1N1CCN(C2CC2)CC1. The Morgan fingerprint density at radius 3 is 2.61 bits per heavy atom. The summed E-state index contributed by atoms with van der Waals surface area (Å²) in [6.07, 6.45) is 2.77. The molecule has 0 unspecified atom stereocenters. The van der Waals surface area contributed by atoms with Crippen molar-refractivity contribution in [1.29, 1.82) is 0 Å². The molecule has 2 aliphatic rings. The quantitative estimate of drug-likeness (QED) is 0.835. The van der Waals surface area contributed by atoms with Crippen LogP contribution in [0.2, 0.25) is 5.02 Å². The molecule has 1 saturated carbocycles. The van der Waals surface area contributed by atoms with Crippen LogP contribution >= 0.6 is 11.6 Å². The number of halogens is 1. The summed E-state index contributed by atoms with van der Waals surface area (Å²) in [5.74, 6) is 0.846. The summed E-state index contributed by atoms with van der Waals surface area (Å²) in [5.41, 5.74) is 1.11. The number of hydrogen-bond acceptors (Lipinski definition) is 3. The molecule has 4 heteroatoms. The molecular formula is C14H18ClN2O. The molecule has 1 aromatic carbocycles. The van der Waals surface area contributed by atoms with Gasteiger partial charge in [0.05, 0.1) is 17.8 Å². The van der Waals surface area contributed by atoms with Gasteiger partial charge in [-0.1, -0.05) is 11.6 Å². The lowest BCUT2D eigenvalue weighted by Gasteiger charge is -2.36. The first-order valence-electron chi connectivity index (χ1n) is 6.52. The number of nitrogens with zero attached hydrogens (tertiary/aromatic N) is 2. The molecule has 1 radical (unpaired) electrons. The third kappa shape index (κ3) is 2.43. The first-order valence-corrected chi connectivity index (χ1v) is 6.90.